The molecule has 1 aromatic heterocycles. The lowest BCUT2D eigenvalue weighted by Gasteiger charge is -2.25. The number of carbonyl (C=O) groups is 2. The molecule has 0 spiro atoms. The molecule has 3 N–H and O–H groups in total. The monoisotopic (exact) mass is 341 g/mol. The van der Waals surface area contributed by atoms with Gasteiger partial charge in [-0.05, 0) is 31.7 Å². The molecule has 1 saturated carbocycles. The zero-order chi connectivity index (χ0) is 17.8. The lowest BCUT2D eigenvalue weighted by molar-refractivity contribution is 0.0912. The molecule has 0 unspecified atom stereocenters. The minimum Gasteiger partial charge on any atom is -0.484 e. The van der Waals surface area contributed by atoms with E-state index < -0.39 is 0 Å². The van der Waals surface area contributed by atoms with Gasteiger partial charge in [0.25, 0.3) is 11.8 Å². The Hall–Kier alpha value is -2.76. The summed E-state index contributed by atoms with van der Waals surface area (Å²) in [6.07, 6.45) is 2.90. The van der Waals surface area contributed by atoms with Crippen LogP contribution in [0.2, 0.25) is 0 Å². The topological polar surface area (TPSA) is 83.2 Å². The van der Waals surface area contributed by atoms with Crippen LogP contribution in [0.4, 0.5) is 0 Å². The number of aromatic nitrogens is 1. The van der Waals surface area contributed by atoms with Gasteiger partial charge >= 0.3 is 0 Å². The molecule has 3 rings (SSSR count). The van der Waals surface area contributed by atoms with Crippen molar-refractivity contribution >= 4 is 11.8 Å². The Morgan fingerprint density at radius 2 is 1.92 bits per heavy atom. The second-order valence-electron chi connectivity index (χ2n) is 6.27. The first kappa shape index (κ1) is 17.1. The second-order valence-corrected chi connectivity index (χ2v) is 6.27. The van der Waals surface area contributed by atoms with Gasteiger partial charge in [0.1, 0.15) is 17.5 Å². The van der Waals surface area contributed by atoms with Gasteiger partial charge in [0.05, 0.1) is 0 Å². The number of amides is 2. The summed E-state index contributed by atoms with van der Waals surface area (Å²) in [7, 11) is 1.54. The van der Waals surface area contributed by atoms with E-state index in [0.29, 0.717) is 11.4 Å². The molecule has 2 amide bonds. The number of aromatic amines is 1. The molecule has 132 valence electrons. The van der Waals surface area contributed by atoms with Crippen LogP contribution in [-0.4, -0.2) is 29.9 Å². The van der Waals surface area contributed by atoms with Crippen molar-refractivity contribution in [3.63, 3.8) is 0 Å². The zero-order valence-electron chi connectivity index (χ0n) is 14.5. The van der Waals surface area contributed by atoms with Gasteiger partial charge in [-0.25, -0.2) is 0 Å². The van der Waals surface area contributed by atoms with Crippen LogP contribution in [0.5, 0.6) is 5.75 Å². The molecular weight excluding hydrogens is 318 g/mol. The molecule has 1 aromatic carbocycles. The fraction of sp³-hybridized carbons (Fsp3) is 0.368. The molecular formula is C19H23N3O3. The van der Waals surface area contributed by atoms with Crippen molar-refractivity contribution in [2.45, 2.75) is 38.3 Å². The van der Waals surface area contributed by atoms with Crippen LogP contribution in [0.3, 0.4) is 0 Å². The Labute approximate surface area is 147 Å². The van der Waals surface area contributed by atoms with Gasteiger partial charge in [-0.1, -0.05) is 30.3 Å². The highest BCUT2D eigenvalue weighted by molar-refractivity contribution is 5.99. The molecule has 1 atom stereocenters. The van der Waals surface area contributed by atoms with Crippen molar-refractivity contribution in [3.05, 3.63) is 53.3 Å². The minimum atomic E-state index is -0.321. The maximum absolute atomic E-state index is 12.4. The maximum atomic E-state index is 12.4. The highest BCUT2D eigenvalue weighted by Crippen LogP contribution is 2.27. The van der Waals surface area contributed by atoms with E-state index in [1.165, 1.54) is 0 Å². The Kier molecular flexibility index (Phi) is 5.07. The lowest BCUT2D eigenvalue weighted by atomic mass is 9.93. The molecule has 1 heterocycles. The standard InChI is InChI=1S/C19H23N3O3/c1-12(13-7-4-3-5-8-13)25-16-11-15(22-17(16)19(24)20-2)18(23)21-14-9-6-10-14/h3-5,7-8,11-12,14,22H,6,9-10H2,1-2H3,(H,20,24)(H,21,23)/t12-/m0/s1. The van der Waals surface area contributed by atoms with Crippen molar-refractivity contribution in [1.82, 2.24) is 15.6 Å². The second kappa shape index (κ2) is 7.42. The quantitative estimate of drug-likeness (QED) is 0.755. The Morgan fingerprint density at radius 1 is 1.20 bits per heavy atom. The highest BCUT2D eigenvalue weighted by atomic mass is 16.5. The van der Waals surface area contributed by atoms with E-state index in [2.05, 4.69) is 15.6 Å². The number of carbonyl (C=O) groups excluding carboxylic acids is 2. The average molecular weight is 341 g/mol. The molecule has 1 aliphatic carbocycles. The minimum absolute atomic E-state index is 0.211. The molecule has 2 aromatic rings. The molecule has 6 nitrogen and oxygen atoms in total. The van der Waals surface area contributed by atoms with E-state index in [0.717, 1.165) is 24.8 Å². The number of rotatable bonds is 6. The van der Waals surface area contributed by atoms with Crippen LogP contribution in [0.15, 0.2) is 36.4 Å². The smallest absolute Gasteiger partial charge is 0.271 e. The predicted octanol–water partition coefficient (Wildman–Crippen LogP) is 2.80. The zero-order valence-corrected chi connectivity index (χ0v) is 14.5. The van der Waals surface area contributed by atoms with Crippen molar-refractivity contribution in [3.8, 4) is 5.75 Å². The van der Waals surface area contributed by atoms with Crippen LogP contribution in [0.1, 0.15) is 58.8 Å². The highest BCUT2D eigenvalue weighted by Gasteiger charge is 2.24. The van der Waals surface area contributed by atoms with E-state index in [-0.39, 0.29) is 29.7 Å². The lowest BCUT2D eigenvalue weighted by Crippen LogP contribution is -2.39. The van der Waals surface area contributed by atoms with E-state index in [4.69, 9.17) is 4.74 Å². The number of nitrogens with one attached hydrogen (secondary N) is 3. The number of H-pyrrole nitrogens is 1. The molecule has 0 bridgehead atoms. The number of hydrogen-bond acceptors (Lipinski definition) is 3. The SMILES string of the molecule is CNC(=O)c1[nH]c(C(=O)NC2CCC2)cc1O[C@@H](C)c1ccccc1. The van der Waals surface area contributed by atoms with Gasteiger partial charge in [0.15, 0.2) is 5.75 Å². The predicted molar refractivity (Wildman–Crippen MR) is 94.8 cm³/mol. The number of hydrogen-bond donors (Lipinski definition) is 3. The van der Waals surface area contributed by atoms with Crippen LogP contribution >= 0.6 is 0 Å². The summed E-state index contributed by atoms with van der Waals surface area (Å²) in [5, 5.41) is 5.53. The summed E-state index contributed by atoms with van der Waals surface area (Å²) < 4.78 is 5.96. The summed E-state index contributed by atoms with van der Waals surface area (Å²) in [4.78, 5) is 27.4. The third-order valence-electron chi connectivity index (χ3n) is 4.49. The first-order valence-electron chi connectivity index (χ1n) is 8.56. The van der Waals surface area contributed by atoms with Gasteiger partial charge in [-0.2, -0.15) is 0 Å². The number of benzene rings is 1. The first-order chi connectivity index (χ1) is 12.1. The van der Waals surface area contributed by atoms with Crippen molar-refractivity contribution < 1.29 is 14.3 Å². The van der Waals surface area contributed by atoms with Crippen molar-refractivity contribution in [1.29, 1.82) is 0 Å². The molecule has 0 radical (unpaired) electrons. The van der Waals surface area contributed by atoms with Crippen LogP contribution in [-0.2, 0) is 0 Å². The van der Waals surface area contributed by atoms with Crippen molar-refractivity contribution in [2.24, 2.45) is 0 Å². The molecule has 1 fully saturated rings. The van der Waals surface area contributed by atoms with Gasteiger partial charge < -0.3 is 20.4 Å². The van der Waals surface area contributed by atoms with Gasteiger partial charge in [-0.3, -0.25) is 9.59 Å². The molecule has 6 heteroatoms. The van der Waals surface area contributed by atoms with Gasteiger partial charge in [0, 0.05) is 19.2 Å². The Balaban J connectivity index is 1.80. The normalized spacial score (nSPS) is 15.1. The van der Waals surface area contributed by atoms with Crippen LogP contribution < -0.4 is 15.4 Å². The summed E-state index contributed by atoms with van der Waals surface area (Å²) >= 11 is 0. The molecule has 0 saturated heterocycles. The number of ether oxygens (including phenoxy) is 1. The Morgan fingerprint density at radius 3 is 2.52 bits per heavy atom. The largest absolute Gasteiger partial charge is 0.484 e. The van der Waals surface area contributed by atoms with Gasteiger partial charge in [0.2, 0.25) is 0 Å². The van der Waals surface area contributed by atoms with E-state index in [1.807, 2.05) is 37.3 Å². The summed E-state index contributed by atoms with van der Waals surface area (Å²) in [6.45, 7) is 1.91. The average Bonchev–Trinajstić information content (AvgIpc) is 3.02. The van der Waals surface area contributed by atoms with Crippen LogP contribution in [0, 0.1) is 0 Å². The third kappa shape index (κ3) is 3.84. The Bertz CT molecular complexity index is 751. The van der Waals surface area contributed by atoms with Crippen molar-refractivity contribution in [2.75, 3.05) is 7.05 Å². The van der Waals surface area contributed by atoms with Gasteiger partial charge in [-0.15, -0.1) is 0 Å². The summed E-state index contributed by atoms with van der Waals surface area (Å²) in [5.41, 5.74) is 1.58. The van der Waals surface area contributed by atoms with E-state index in [9.17, 15) is 9.59 Å². The third-order valence-corrected chi connectivity index (χ3v) is 4.49. The fourth-order valence-corrected chi connectivity index (χ4v) is 2.74. The van der Waals surface area contributed by atoms with E-state index >= 15 is 0 Å². The molecule has 0 aliphatic heterocycles. The summed E-state index contributed by atoms with van der Waals surface area (Å²) in [5.74, 6) is -0.163. The fourth-order valence-electron chi connectivity index (χ4n) is 2.74. The molecule has 1 aliphatic rings. The van der Waals surface area contributed by atoms with E-state index in [1.54, 1.807) is 13.1 Å². The van der Waals surface area contributed by atoms with Crippen LogP contribution in [0.25, 0.3) is 0 Å². The first-order valence-corrected chi connectivity index (χ1v) is 8.56. The summed E-state index contributed by atoms with van der Waals surface area (Å²) in [6, 6.07) is 11.5. The maximum Gasteiger partial charge on any atom is 0.271 e. The molecule has 25 heavy (non-hydrogen) atoms.